The number of nitrogens with two attached hydrogens (primary N) is 1. The molecule has 1 aliphatic heterocycles. The third kappa shape index (κ3) is 3.49. The second-order valence-corrected chi connectivity index (χ2v) is 3.74. The van der Waals surface area contributed by atoms with Crippen LogP contribution in [0.2, 0.25) is 0 Å². The van der Waals surface area contributed by atoms with Gasteiger partial charge in [-0.25, -0.2) is 0 Å². The van der Waals surface area contributed by atoms with E-state index in [-0.39, 0.29) is 24.5 Å². The summed E-state index contributed by atoms with van der Waals surface area (Å²) in [6.45, 7) is 2.14. The summed E-state index contributed by atoms with van der Waals surface area (Å²) in [5, 5.41) is 11.5. The number of amides is 2. The molecule has 3 unspecified atom stereocenters. The first kappa shape index (κ1) is 11.9. The molecule has 0 aromatic rings. The molecule has 0 aliphatic carbocycles. The molecule has 0 radical (unpaired) electrons. The molecule has 0 aromatic heterocycles. The Morgan fingerprint density at radius 3 is 2.80 bits per heavy atom. The molecule has 1 heterocycles. The van der Waals surface area contributed by atoms with Crippen molar-refractivity contribution in [2.24, 2.45) is 11.7 Å². The number of aliphatic hydroxyl groups excluding tert-OH is 1. The molecule has 86 valence electrons. The molecule has 6 nitrogen and oxygen atoms in total. The third-order valence-corrected chi connectivity index (χ3v) is 2.37. The number of hydrogen-bond acceptors (Lipinski definition) is 4. The van der Waals surface area contributed by atoms with Crippen LogP contribution in [0.1, 0.15) is 13.3 Å². The zero-order valence-corrected chi connectivity index (χ0v) is 8.60. The number of carbonyl (C=O) groups is 2. The van der Waals surface area contributed by atoms with Crippen LogP contribution in [-0.4, -0.2) is 42.3 Å². The lowest BCUT2D eigenvalue weighted by Crippen LogP contribution is -2.42. The van der Waals surface area contributed by atoms with Gasteiger partial charge < -0.3 is 20.9 Å². The minimum atomic E-state index is -1.33. The quantitative estimate of drug-likeness (QED) is 0.525. The predicted octanol–water partition coefficient (Wildman–Crippen LogP) is -1.63. The Morgan fingerprint density at radius 2 is 2.33 bits per heavy atom. The van der Waals surface area contributed by atoms with Gasteiger partial charge in [-0.2, -0.15) is 0 Å². The van der Waals surface area contributed by atoms with Crippen LogP contribution in [0.15, 0.2) is 0 Å². The van der Waals surface area contributed by atoms with E-state index in [1.807, 2.05) is 6.92 Å². The fourth-order valence-electron chi connectivity index (χ4n) is 1.44. The van der Waals surface area contributed by atoms with Crippen LogP contribution in [0.25, 0.3) is 0 Å². The van der Waals surface area contributed by atoms with E-state index in [2.05, 4.69) is 5.32 Å². The van der Waals surface area contributed by atoms with Gasteiger partial charge in [0.2, 0.25) is 11.8 Å². The first-order chi connectivity index (χ1) is 7.00. The Bertz CT molecular complexity index is 256. The Balaban J connectivity index is 2.27. The number of hydrogen-bond donors (Lipinski definition) is 3. The zero-order valence-electron chi connectivity index (χ0n) is 8.60. The van der Waals surface area contributed by atoms with E-state index in [9.17, 15) is 9.59 Å². The van der Waals surface area contributed by atoms with Crippen molar-refractivity contribution in [2.45, 2.75) is 25.6 Å². The average molecular weight is 216 g/mol. The summed E-state index contributed by atoms with van der Waals surface area (Å²) in [4.78, 5) is 21.9. The summed E-state index contributed by atoms with van der Waals surface area (Å²) in [6.07, 6.45) is -0.575. The van der Waals surface area contributed by atoms with E-state index in [1.165, 1.54) is 0 Å². The fourth-order valence-corrected chi connectivity index (χ4v) is 1.44. The molecular formula is C9H16N2O4. The third-order valence-electron chi connectivity index (χ3n) is 2.37. The van der Waals surface area contributed by atoms with E-state index in [4.69, 9.17) is 15.6 Å². The van der Waals surface area contributed by atoms with Crippen molar-refractivity contribution in [3.8, 4) is 0 Å². The molecule has 4 N–H and O–H groups in total. The Morgan fingerprint density at radius 1 is 1.67 bits per heavy atom. The van der Waals surface area contributed by atoms with Gasteiger partial charge in [0.05, 0.1) is 25.2 Å². The van der Waals surface area contributed by atoms with Crippen LogP contribution in [0, 0.1) is 5.92 Å². The van der Waals surface area contributed by atoms with Crippen molar-refractivity contribution in [1.82, 2.24) is 5.32 Å². The second kappa shape index (κ2) is 5.09. The molecule has 0 saturated carbocycles. The van der Waals surface area contributed by atoms with E-state index in [0.717, 1.165) is 0 Å². The Kier molecular flexibility index (Phi) is 4.05. The highest BCUT2D eigenvalue weighted by Gasteiger charge is 2.28. The van der Waals surface area contributed by atoms with Gasteiger partial charge in [0, 0.05) is 0 Å². The average Bonchev–Trinajstić information content (AvgIpc) is 2.60. The van der Waals surface area contributed by atoms with Crippen molar-refractivity contribution < 1.29 is 19.4 Å². The number of primary amides is 1. The lowest BCUT2D eigenvalue weighted by Gasteiger charge is -2.11. The van der Waals surface area contributed by atoms with Crippen LogP contribution >= 0.6 is 0 Å². The van der Waals surface area contributed by atoms with Gasteiger partial charge in [0.1, 0.15) is 6.10 Å². The topological polar surface area (TPSA) is 102 Å². The lowest BCUT2D eigenvalue weighted by atomic mass is 10.1. The van der Waals surface area contributed by atoms with E-state index in [1.54, 1.807) is 0 Å². The maximum Gasteiger partial charge on any atom is 0.248 e. The van der Waals surface area contributed by atoms with Gasteiger partial charge in [0.15, 0.2) is 0 Å². The van der Waals surface area contributed by atoms with Crippen molar-refractivity contribution in [3.63, 3.8) is 0 Å². The fraction of sp³-hybridized carbons (Fsp3) is 0.778. The second-order valence-electron chi connectivity index (χ2n) is 3.74. The number of rotatable bonds is 4. The molecule has 1 fully saturated rings. The molecular weight excluding hydrogens is 200 g/mol. The summed E-state index contributed by atoms with van der Waals surface area (Å²) in [5.74, 6) is -1.24. The summed E-state index contributed by atoms with van der Waals surface area (Å²) < 4.78 is 5.23. The van der Waals surface area contributed by atoms with Gasteiger partial charge in [-0.15, -0.1) is 0 Å². The first-order valence-electron chi connectivity index (χ1n) is 4.87. The van der Waals surface area contributed by atoms with Crippen LogP contribution in [0.5, 0.6) is 0 Å². The smallest absolute Gasteiger partial charge is 0.248 e. The number of aliphatic hydroxyl groups is 1. The van der Waals surface area contributed by atoms with E-state index in [0.29, 0.717) is 13.0 Å². The normalized spacial score (nSPS) is 27.3. The highest BCUT2D eigenvalue weighted by Crippen LogP contribution is 2.18. The van der Waals surface area contributed by atoms with Crippen molar-refractivity contribution in [3.05, 3.63) is 0 Å². The van der Waals surface area contributed by atoms with Crippen molar-refractivity contribution in [2.75, 3.05) is 13.2 Å². The molecule has 1 rings (SSSR count). The maximum absolute atomic E-state index is 11.5. The van der Waals surface area contributed by atoms with Crippen molar-refractivity contribution in [1.29, 1.82) is 0 Å². The molecule has 6 heteroatoms. The van der Waals surface area contributed by atoms with Crippen LogP contribution < -0.4 is 11.1 Å². The first-order valence-corrected chi connectivity index (χ1v) is 4.87. The summed E-state index contributed by atoms with van der Waals surface area (Å²) in [6, 6.07) is 0. The Labute approximate surface area is 87.8 Å². The summed E-state index contributed by atoms with van der Waals surface area (Å²) >= 11 is 0. The molecule has 1 aliphatic rings. The van der Waals surface area contributed by atoms with Gasteiger partial charge in [-0.1, -0.05) is 0 Å². The standard InChI is InChI=1S/C9H16N2O4/c1-5-2-6(4-15-5)9(14)11-3-7(12)8(10)13/h5-7,12H,2-4H2,1H3,(H2,10,13)(H,11,14). The van der Waals surface area contributed by atoms with Gasteiger partial charge in [0.25, 0.3) is 0 Å². The monoisotopic (exact) mass is 216 g/mol. The van der Waals surface area contributed by atoms with E-state index >= 15 is 0 Å². The minimum Gasteiger partial charge on any atom is -0.381 e. The van der Waals surface area contributed by atoms with Crippen molar-refractivity contribution >= 4 is 11.8 Å². The molecule has 3 atom stereocenters. The highest BCUT2D eigenvalue weighted by atomic mass is 16.5. The van der Waals surface area contributed by atoms with Gasteiger partial charge in [-0.3, -0.25) is 9.59 Å². The molecule has 1 saturated heterocycles. The molecule has 15 heavy (non-hydrogen) atoms. The minimum absolute atomic E-state index is 0.0850. The van der Waals surface area contributed by atoms with Gasteiger partial charge in [-0.05, 0) is 13.3 Å². The molecule has 0 bridgehead atoms. The molecule has 0 spiro atoms. The number of ether oxygens (including phenoxy) is 1. The maximum atomic E-state index is 11.5. The largest absolute Gasteiger partial charge is 0.381 e. The number of carbonyl (C=O) groups excluding carboxylic acids is 2. The number of nitrogens with one attached hydrogen (secondary N) is 1. The molecule has 0 aromatic carbocycles. The highest BCUT2D eigenvalue weighted by molar-refractivity contribution is 5.82. The van der Waals surface area contributed by atoms with Gasteiger partial charge >= 0.3 is 0 Å². The summed E-state index contributed by atoms with van der Waals surface area (Å²) in [5.41, 5.74) is 4.83. The zero-order chi connectivity index (χ0) is 11.4. The van der Waals surface area contributed by atoms with Crippen LogP contribution in [0.3, 0.4) is 0 Å². The van der Waals surface area contributed by atoms with Crippen LogP contribution in [-0.2, 0) is 14.3 Å². The predicted molar refractivity (Wildman–Crippen MR) is 51.7 cm³/mol. The molecule has 2 amide bonds. The van der Waals surface area contributed by atoms with Crippen LogP contribution in [0.4, 0.5) is 0 Å². The SMILES string of the molecule is CC1CC(C(=O)NCC(O)C(N)=O)CO1. The lowest BCUT2D eigenvalue weighted by molar-refractivity contribution is -0.128. The Hall–Kier alpha value is -1.14. The van der Waals surface area contributed by atoms with E-state index < -0.39 is 12.0 Å². The summed E-state index contributed by atoms with van der Waals surface area (Å²) in [7, 11) is 0.